The molecule has 6 nitrogen and oxygen atoms in total. The minimum absolute atomic E-state index is 0.164. The number of ether oxygens (including phenoxy) is 2. The Kier molecular flexibility index (Phi) is 5.07. The molecular weight excluding hydrogens is 366 g/mol. The fourth-order valence-electron chi connectivity index (χ4n) is 3.27. The normalized spacial score (nSPS) is 20.9. The van der Waals surface area contributed by atoms with Crippen LogP contribution in [-0.2, 0) is 0 Å². The first-order valence-corrected chi connectivity index (χ1v) is 9.23. The molecular formula is C20H20F2N4O2. The van der Waals surface area contributed by atoms with Crippen LogP contribution in [0, 0.1) is 23.7 Å². The molecule has 2 aliphatic rings. The average molecular weight is 386 g/mol. The Morgan fingerprint density at radius 2 is 2.00 bits per heavy atom. The van der Waals surface area contributed by atoms with Crippen LogP contribution in [0.5, 0.6) is 11.9 Å². The summed E-state index contributed by atoms with van der Waals surface area (Å²) in [4.78, 5) is 8.24. The number of nitrogens with zero attached hydrogens (tertiary/aromatic N) is 4. The first-order valence-electron chi connectivity index (χ1n) is 9.23. The molecule has 2 aromatic heterocycles. The third kappa shape index (κ3) is 3.61. The number of halogens is 2. The molecule has 0 saturated heterocycles. The molecule has 0 radical (unpaired) electrons. The molecule has 8 heteroatoms. The van der Waals surface area contributed by atoms with Gasteiger partial charge < -0.3 is 9.47 Å². The van der Waals surface area contributed by atoms with Gasteiger partial charge in [0.15, 0.2) is 0 Å². The van der Waals surface area contributed by atoms with Crippen LogP contribution in [-0.4, -0.2) is 40.8 Å². The van der Waals surface area contributed by atoms with E-state index in [9.17, 15) is 8.78 Å². The molecule has 0 N–H and O–H groups in total. The van der Waals surface area contributed by atoms with Crippen LogP contribution in [0.3, 0.4) is 0 Å². The van der Waals surface area contributed by atoms with Gasteiger partial charge in [-0.05, 0) is 42.7 Å². The van der Waals surface area contributed by atoms with E-state index in [0.717, 1.165) is 12.8 Å². The Labute approximate surface area is 161 Å². The number of aromatic nitrogens is 4. The van der Waals surface area contributed by atoms with Crippen molar-refractivity contribution in [2.45, 2.75) is 38.0 Å². The molecule has 2 atom stereocenters. The van der Waals surface area contributed by atoms with Crippen LogP contribution in [0.2, 0.25) is 0 Å². The van der Waals surface area contributed by atoms with Gasteiger partial charge in [0.1, 0.15) is 11.4 Å². The molecule has 2 aromatic rings. The summed E-state index contributed by atoms with van der Waals surface area (Å²) in [7, 11) is 2.94. The van der Waals surface area contributed by atoms with E-state index >= 15 is 0 Å². The van der Waals surface area contributed by atoms with E-state index < -0.39 is 12.3 Å². The van der Waals surface area contributed by atoms with E-state index in [1.807, 2.05) is 0 Å². The maximum Gasteiger partial charge on any atom is 0.319 e. The quantitative estimate of drug-likeness (QED) is 0.733. The van der Waals surface area contributed by atoms with E-state index in [4.69, 9.17) is 9.47 Å². The molecule has 2 saturated carbocycles. The molecule has 0 spiro atoms. The fourth-order valence-corrected chi connectivity index (χ4v) is 3.27. The average Bonchev–Trinajstić information content (AvgIpc) is 3.47. The summed E-state index contributed by atoms with van der Waals surface area (Å²) >= 11 is 0. The van der Waals surface area contributed by atoms with Crippen molar-refractivity contribution in [3.8, 4) is 35.0 Å². The van der Waals surface area contributed by atoms with Gasteiger partial charge in [0.25, 0.3) is 0 Å². The van der Waals surface area contributed by atoms with Crippen molar-refractivity contribution in [2.75, 3.05) is 14.2 Å². The summed E-state index contributed by atoms with van der Waals surface area (Å²) < 4.78 is 36.6. The topological polar surface area (TPSA) is 70.0 Å². The van der Waals surface area contributed by atoms with Gasteiger partial charge in [-0.15, -0.1) is 10.2 Å². The maximum absolute atomic E-state index is 13.2. The van der Waals surface area contributed by atoms with Crippen molar-refractivity contribution in [3.05, 3.63) is 23.5 Å². The van der Waals surface area contributed by atoms with Crippen LogP contribution < -0.4 is 9.47 Å². The standard InChI is InChI=1S/C20H20F2N4O2/c1-27-19-15(10-23-20(24-19)28-2)17-9-13(12-8-14(12)18(21)22)16(25-26-17)7-6-11-4-3-5-11/h9-12,14,18H,3-5,8H2,1-2H3/t12-,14+/m1/s1. The van der Waals surface area contributed by atoms with Gasteiger partial charge in [-0.1, -0.05) is 12.3 Å². The lowest BCUT2D eigenvalue weighted by Gasteiger charge is -2.18. The first-order chi connectivity index (χ1) is 13.6. The number of methoxy groups -OCH3 is 2. The molecule has 0 unspecified atom stereocenters. The van der Waals surface area contributed by atoms with Crippen molar-refractivity contribution >= 4 is 0 Å². The molecule has 2 fully saturated rings. The van der Waals surface area contributed by atoms with Crippen LogP contribution in [0.25, 0.3) is 11.3 Å². The monoisotopic (exact) mass is 386 g/mol. The minimum Gasteiger partial charge on any atom is -0.480 e. The van der Waals surface area contributed by atoms with E-state index in [-0.39, 0.29) is 17.8 Å². The zero-order valence-corrected chi connectivity index (χ0v) is 15.7. The Bertz CT molecular complexity index is 938. The van der Waals surface area contributed by atoms with Gasteiger partial charge in [0.05, 0.1) is 19.8 Å². The number of alkyl halides is 2. The summed E-state index contributed by atoms with van der Waals surface area (Å²) in [6, 6.07) is 1.93. The Balaban J connectivity index is 1.72. The molecule has 4 rings (SSSR count). The van der Waals surface area contributed by atoms with Gasteiger partial charge >= 0.3 is 6.01 Å². The van der Waals surface area contributed by atoms with Crippen LogP contribution in [0.4, 0.5) is 8.78 Å². The van der Waals surface area contributed by atoms with E-state index in [1.165, 1.54) is 26.8 Å². The highest BCUT2D eigenvalue weighted by atomic mass is 19.3. The molecule has 0 bridgehead atoms. The van der Waals surface area contributed by atoms with Gasteiger partial charge in [0, 0.05) is 18.0 Å². The molecule has 146 valence electrons. The van der Waals surface area contributed by atoms with Crippen molar-refractivity contribution < 1.29 is 18.3 Å². The van der Waals surface area contributed by atoms with Gasteiger partial charge in [0.2, 0.25) is 12.3 Å². The molecule has 0 amide bonds. The Morgan fingerprint density at radius 1 is 1.18 bits per heavy atom. The third-order valence-electron chi connectivity index (χ3n) is 5.27. The lowest BCUT2D eigenvalue weighted by Crippen LogP contribution is -2.08. The van der Waals surface area contributed by atoms with Crippen LogP contribution in [0.1, 0.15) is 42.9 Å². The second-order valence-corrected chi connectivity index (χ2v) is 7.05. The molecule has 2 aliphatic carbocycles. The Hall–Kier alpha value is -2.82. The van der Waals surface area contributed by atoms with Gasteiger partial charge in [-0.25, -0.2) is 13.8 Å². The molecule has 0 aromatic carbocycles. The lowest BCUT2D eigenvalue weighted by molar-refractivity contribution is 0.120. The zero-order valence-electron chi connectivity index (χ0n) is 15.7. The highest BCUT2D eigenvalue weighted by Gasteiger charge is 2.46. The predicted molar refractivity (Wildman–Crippen MR) is 97.2 cm³/mol. The molecule has 28 heavy (non-hydrogen) atoms. The summed E-state index contributed by atoms with van der Waals surface area (Å²) in [5.41, 5.74) is 2.17. The second kappa shape index (κ2) is 7.66. The first kappa shape index (κ1) is 18.5. The number of rotatable bonds is 5. The van der Waals surface area contributed by atoms with E-state index in [2.05, 4.69) is 32.0 Å². The van der Waals surface area contributed by atoms with Crippen molar-refractivity contribution in [1.82, 2.24) is 20.2 Å². The van der Waals surface area contributed by atoms with E-state index in [1.54, 1.807) is 6.07 Å². The SMILES string of the molecule is COc1ncc(-c2cc([C@H]3C[C@@H]3C(F)F)c(C#CC3CCC3)nn2)c(OC)n1. The second-order valence-electron chi connectivity index (χ2n) is 7.05. The van der Waals surface area contributed by atoms with Gasteiger partial charge in [-0.3, -0.25) is 0 Å². The maximum atomic E-state index is 13.2. The van der Waals surface area contributed by atoms with Crippen LogP contribution >= 0.6 is 0 Å². The summed E-state index contributed by atoms with van der Waals surface area (Å²) in [6.07, 6.45) is 2.94. The zero-order chi connectivity index (χ0) is 19.7. The number of hydrogen-bond acceptors (Lipinski definition) is 6. The number of hydrogen-bond donors (Lipinski definition) is 0. The summed E-state index contributed by atoms with van der Waals surface area (Å²) in [5.74, 6) is 6.00. The predicted octanol–water partition coefficient (Wildman–Crippen LogP) is 3.47. The third-order valence-corrected chi connectivity index (χ3v) is 5.27. The highest BCUT2D eigenvalue weighted by molar-refractivity contribution is 5.65. The van der Waals surface area contributed by atoms with Crippen LogP contribution in [0.15, 0.2) is 12.3 Å². The smallest absolute Gasteiger partial charge is 0.319 e. The van der Waals surface area contributed by atoms with Crippen molar-refractivity contribution in [1.29, 1.82) is 0 Å². The Morgan fingerprint density at radius 3 is 2.61 bits per heavy atom. The fraction of sp³-hybridized carbons (Fsp3) is 0.500. The summed E-state index contributed by atoms with van der Waals surface area (Å²) in [5, 5.41) is 8.48. The largest absolute Gasteiger partial charge is 0.480 e. The van der Waals surface area contributed by atoms with Gasteiger partial charge in [-0.2, -0.15) is 4.98 Å². The minimum atomic E-state index is -2.35. The highest BCUT2D eigenvalue weighted by Crippen LogP contribution is 2.52. The van der Waals surface area contributed by atoms with E-state index in [0.29, 0.717) is 34.9 Å². The van der Waals surface area contributed by atoms with Crippen molar-refractivity contribution in [2.24, 2.45) is 11.8 Å². The van der Waals surface area contributed by atoms with Crippen molar-refractivity contribution in [3.63, 3.8) is 0 Å². The molecule has 0 aliphatic heterocycles. The lowest BCUT2D eigenvalue weighted by atomic mass is 9.86. The molecule has 2 heterocycles. The summed E-state index contributed by atoms with van der Waals surface area (Å²) in [6.45, 7) is 0.